The first-order valence-corrected chi connectivity index (χ1v) is 14.2. The minimum Gasteiger partial charge on any atom is -0.350 e. The monoisotopic (exact) mass is 555 g/mol. The summed E-state index contributed by atoms with van der Waals surface area (Å²) in [6, 6.07) is 11.1. The van der Waals surface area contributed by atoms with Crippen LogP contribution in [0, 0.1) is 0 Å². The van der Waals surface area contributed by atoms with E-state index in [4.69, 9.17) is 23.2 Å². The van der Waals surface area contributed by atoms with Crippen LogP contribution in [0.1, 0.15) is 58.6 Å². The van der Waals surface area contributed by atoms with Crippen LogP contribution in [0.15, 0.2) is 42.5 Å². The summed E-state index contributed by atoms with van der Waals surface area (Å²) in [5.74, 6) is -0.878. The molecular weight excluding hydrogens is 521 g/mol. The van der Waals surface area contributed by atoms with Crippen molar-refractivity contribution in [2.24, 2.45) is 0 Å². The second-order valence-electron chi connectivity index (χ2n) is 10.2. The van der Waals surface area contributed by atoms with E-state index in [1.54, 1.807) is 37.3 Å². The van der Waals surface area contributed by atoms with Crippen LogP contribution in [-0.4, -0.2) is 49.5 Å². The van der Waals surface area contributed by atoms with Crippen LogP contribution < -0.4 is 9.62 Å². The summed E-state index contributed by atoms with van der Waals surface area (Å²) in [4.78, 5) is 28.1. The maximum Gasteiger partial charge on any atom is 0.244 e. The zero-order chi connectivity index (χ0) is 27.4. The van der Waals surface area contributed by atoms with Crippen LogP contribution in [0.2, 0.25) is 10.0 Å². The van der Waals surface area contributed by atoms with Gasteiger partial charge in [-0.15, -0.1) is 0 Å². The van der Waals surface area contributed by atoms with Gasteiger partial charge >= 0.3 is 0 Å². The van der Waals surface area contributed by atoms with E-state index in [0.29, 0.717) is 21.3 Å². The lowest BCUT2D eigenvalue weighted by molar-refractivity contribution is -0.140. The van der Waals surface area contributed by atoms with Crippen molar-refractivity contribution in [1.82, 2.24) is 10.2 Å². The molecule has 0 bridgehead atoms. The Bertz CT molecular complexity index is 1210. The number of para-hydroxylation sites is 1. The Morgan fingerprint density at radius 3 is 2.17 bits per heavy atom. The van der Waals surface area contributed by atoms with Gasteiger partial charge in [-0.05, 0) is 62.9 Å². The highest BCUT2D eigenvalue weighted by Gasteiger charge is 2.32. The molecule has 0 saturated heterocycles. The summed E-state index contributed by atoms with van der Waals surface area (Å²) in [6.45, 7) is 10.6. The number of nitrogens with zero attached hydrogens (tertiary/aromatic N) is 2. The van der Waals surface area contributed by atoms with Gasteiger partial charge < -0.3 is 10.2 Å². The first-order chi connectivity index (χ1) is 16.5. The SMILES string of the molecule is CC(C)c1ccccc1N(CC(=O)N(Cc1ccc(Cl)cc1Cl)C(C)C(=O)NC(C)(C)C)S(C)(=O)=O. The van der Waals surface area contributed by atoms with Gasteiger partial charge in [-0.3, -0.25) is 13.9 Å². The van der Waals surface area contributed by atoms with Gasteiger partial charge in [-0.25, -0.2) is 8.42 Å². The van der Waals surface area contributed by atoms with E-state index in [2.05, 4.69) is 5.32 Å². The van der Waals surface area contributed by atoms with E-state index >= 15 is 0 Å². The molecule has 1 unspecified atom stereocenters. The van der Waals surface area contributed by atoms with Crippen molar-refractivity contribution in [1.29, 1.82) is 0 Å². The van der Waals surface area contributed by atoms with Crippen molar-refractivity contribution >= 4 is 50.7 Å². The fraction of sp³-hybridized carbons (Fsp3) is 0.462. The van der Waals surface area contributed by atoms with Crippen LogP contribution in [0.3, 0.4) is 0 Å². The Kier molecular flexibility index (Phi) is 9.84. The first kappa shape index (κ1) is 29.9. The fourth-order valence-electron chi connectivity index (χ4n) is 3.69. The highest BCUT2D eigenvalue weighted by Crippen LogP contribution is 2.29. The Hall–Kier alpha value is -2.29. The molecule has 0 heterocycles. The molecule has 0 radical (unpaired) electrons. The van der Waals surface area contributed by atoms with Gasteiger partial charge in [0.1, 0.15) is 12.6 Å². The summed E-state index contributed by atoms with van der Waals surface area (Å²) in [6.07, 6.45) is 1.06. The molecule has 0 aliphatic heterocycles. The van der Waals surface area contributed by atoms with Crippen LogP contribution >= 0.6 is 23.2 Å². The average molecular weight is 557 g/mol. The Balaban J connectivity index is 2.51. The van der Waals surface area contributed by atoms with Gasteiger partial charge in [0.25, 0.3) is 0 Å². The number of sulfonamides is 1. The molecule has 1 atom stereocenters. The molecule has 0 aromatic heterocycles. The molecule has 198 valence electrons. The lowest BCUT2D eigenvalue weighted by Gasteiger charge is -2.34. The van der Waals surface area contributed by atoms with Crippen molar-refractivity contribution in [3.05, 3.63) is 63.6 Å². The van der Waals surface area contributed by atoms with Crippen molar-refractivity contribution in [2.75, 3.05) is 17.1 Å². The smallest absolute Gasteiger partial charge is 0.244 e. The second-order valence-corrected chi connectivity index (χ2v) is 12.9. The lowest BCUT2D eigenvalue weighted by Crippen LogP contribution is -2.54. The molecule has 0 saturated carbocycles. The minimum atomic E-state index is -3.82. The number of rotatable bonds is 9. The van der Waals surface area contributed by atoms with E-state index < -0.39 is 34.1 Å². The first-order valence-electron chi connectivity index (χ1n) is 11.6. The number of benzene rings is 2. The number of halogens is 2. The standard InChI is InChI=1S/C26H35Cl2N3O4S/c1-17(2)21-10-8-9-11-23(21)31(36(7,34)35)16-24(32)30(18(3)25(33)29-26(4,5)6)15-19-12-13-20(27)14-22(19)28/h8-14,17-18H,15-16H2,1-7H3,(H,29,33). The molecule has 0 aliphatic carbocycles. The summed E-state index contributed by atoms with van der Waals surface area (Å²) in [5, 5.41) is 3.66. The predicted octanol–water partition coefficient (Wildman–Crippen LogP) is 5.21. The molecule has 2 aromatic carbocycles. The number of carbonyl (C=O) groups excluding carboxylic acids is 2. The zero-order valence-corrected chi connectivity index (χ0v) is 24.1. The van der Waals surface area contributed by atoms with Gasteiger partial charge in [0.05, 0.1) is 11.9 Å². The molecule has 7 nitrogen and oxygen atoms in total. The summed E-state index contributed by atoms with van der Waals surface area (Å²) >= 11 is 12.4. The Labute approximate surface area is 224 Å². The minimum absolute atomic E-state index is 0.00298. The third kappa shape index (κ3) is 8.11. The van der Waals surface area contributed by atoms with E-state index in [1.807, 2.05) is 46.8 Å². The Morgan fingerprint density at radius 1 is 1.03 bits per heavy atom. The van der Waals surface area contributed by atoms with Crippen molar-refractivity contribution < 1.29 is 18.0 Å². The average Bonchev–Trinajstić information content (AvgIpc) is 2.74. The van der Waals surface area contributed by atoms with E-state index in [1.165, 1.54) is 4.90 Å². The fourth-order valence-corrected chi connectivity index (χ4v) is 5.02. The van der Waals surface area contributed by atoms with E-state index in [-0.39, 0.29) is 18.4 Å². The molecular formula is C26H35Cl2N3O4S. The molecule has 2 rings (SSSR count). The lowest BCUT2D eigenvalue weighted by atomic mass is 10.0. The summed E-state index contributed by atoms with van der Waals surface area (Å²) in [7, 11) is -3.82. The largest absolute Gasteiger partial charge is 0.350 e. The third-order valence-electron chi connectivity index (χ3n) is 5.53. The Morgan fingerprint density at radius 2 is 1.64 bits per heavy atom. The van der Waals surface area contributed by atoms with Gasteiger partial charge in [0.2, 0.25) is 21.8 Å². The van der Waals surface area contributed by atoms with Crippen LogP contribution in [0.4, 0.5) is 5.69 Å². The molecule has 2 aromatic rings. The topological polar surface area (TPSA) is 86.8 Å². The third-order valence-corrected chi connectivity index (χ3v) is 7.24. The number of carbonyl (C=O) groups is 2. The van der Waals surface area contributed by atoms with Gasteiger partial charge in [-0.1, -0.05) is 61.3 Å². The van der Waals surface area contributed by atoms with Crippen molar-refractivity contribution in [3.63, 3.8) is 0 Å². The molecule has 0 aliphatic rings. The number of anilines is 1. The zero-order valence-electron chi connectivity index (χ0n) is 21.8. The van der Waals surface area contributed by atoms with E-state index in [0.717, 1.165) is 16.1 Å². The molecule has 0 spiro atoms. The van der Waals surface area contributed by atoms with Gasteiger partial charge in [0.15, 0.2) is 0 Å². The highest BCUT2D eigenvalue weighted by atomic mass is 35.5. The van der Waals surface area contributed by atoms with Crippen LogP contribution in [0.25, 0.3) is 0 Å². The molecule has 36 heavy (non-hydrogen) atoms. The maximum atomic E-state index is 13.7. The summed E-state index contributed by atoms with van der Waals surface area (Å²) in [5.41, 5.74) is 1.28. The van der Waals surface area contributed by atoms with Gasteiger partial charge in [-0.2, -0.15) is 0 Å². The molecule has 10 heteroatoms. The van der Waals surface area contributed by atoms with E-state index in [9.17, 15) is 18.0 Å². The maximum absolute atomic E-state index is 13.7. The van der Waals surface area contributed by atoms with Gasteiger partial charge in [0, 0.05) is 22.1 Å². The number of nitrogens with one attached hydrogen (secondary N) is 1. The second kappa shape index (κ2) is 11.8. The number of amides is 2. The predicted molar refractivity (Wildman–Crippen MR) is 147 cm³/mol. The van der Waals surface area contributed by atoms with Crippen LogP contribution in [0.5, 0.6) is 0 Å². The van der Waals surface area contributed by atoms with Crippen LogP contribution in [-0.2, 0) is 26.2 Å². The molecule has 0 fully saturated rings. The van der Waals surface area contributed by atoms with Crippen molar-refractivity contribution in [2.45, 2.75) is 65.6 Å². The summed E-state index contributed by atoms with van der Waals surface area (Å²) < 4.78 is 26.8. The highest BCUT2D eigenvalue weighted by molar-refractivity contribution is 7.92. The quantitative estimate of drug-likeness (QED) is 0.459. The normalized spacial score (nSPS) is 12.8. The van der Waals surface area contributed by atoms with Crippen molar-refractivity contribution in [3.8, 4) is 0 Å². The number of hydrogen-bond acceptors (Lipinski definition) is 4. The molecule has 2 amide bonds. The molecule has 1 N–H and O–H groups in total. The number of hydrogen-bond donors (Lipinski definition) is 1.